The maximum atomic E-state index is 13.0. The summed E-state index contributed by atoms with van der Waals surface area (Å²) in [6.07, 6.45) is 0.973. The van der Waals surface area contributed by atoms with E-state index in [1.165, 1.54) is 16.4 Å². The number of aromatic nitrogens is 2. The number of oxime groups is 1. The van der Waals surface area contributed by atoms with Crippen LogP contribution in [0.25, 0.3) is 11.0 Å². The highest BCUT2D eigenvalue weighted by molar-refractivity contribution is 7.89. The van der Waals surface area contributed by atoms with E-state index in [1.807, 2.05) is 24.3 Å². The number of hydrogen-bond acceptors (Lipinski definition) is 5. The van der Waals surface area contributed by atoms with E-state index in [-0.39, 0.29) is 11.5 Å². The van der Waals surface area contributed by atoms with Crippen LogP contribution in [0.2, 0.25) is 0 Å². The van der Waals surface area contributed by atoms with Gasteiger partial charge in [-0.1, -0.05) is 17.3 Å². The fraction of sp³-hybridized carbons (Fsp3) is 0.263. The van der Waals surface area contributed by atoms with Crippen molar-refractivity contribution in [2.24, 2.45) is 5.16 Å². The first kappa shape index (κ1) is 18.6. The second-order valence-electron chi connectivity index (χ2n) is 6.49. The summed E-state index contributed by atoms with van der Waals surface area (Å²) < 4.78 is 39.6. The molecule has 0 amide bonds. The predicted octanol–water partition coefficient (Wildman–Crippen LogP) is 3.06. The molecule has 0 bridgehead atoms. The average molecular weight is 402 g/mol. The van der Waals surface area contributed by atoms with Gasteiger partial charge in [0.05, 0.1) is 21.6 Å². The molecule has 146 valence electrons. The maximum Gasteiger partial charge on any atom is 0.243 e. The van der Waals surface area contributed by atoms with E-state index < -0.39 is 15.8 Å². The molecule has 28 heavy (non-hydrogen) atoms. The van der Waals surface area contributed by atoms with Crippen molar-refractivity contribution in [3.63, 3.8) is 0 Å². The molecule has 2 aromatic carbocycles. The fourth-order valence-corrected chi connectivity index (χ4v) is 4.53. The van der Waals surface area contributed by atoms with Gasteiger partial charge in [-0.15, -0.1) is 0 Å². The van der Waals surface area contributed by atoms with Crippen molar-refractivity contribution in [3.8, 4) is 0 Å². The minimum Gasteiger partial charge on any atom is -0.388 e. The number of nitrogens with zero attached hydrogens (tertiary/aromatic N) is 3. The van der Waals surface area contributed by atoms with Crippen LogP contribution in [-0.4, -0.2) is 41.5 Å². The second kappa shape index (κ2) is 7.69. The lowest BCUT2D eigenvalue weighted by Gasteiger charge is -2.26. The Balaban J connectivity index is 1.33. The molecule has 1 aromatic heterocycles. The fourth-order valence-electron chi connectivity index (χ4n) is 3.09. The van der Waals surface area contributed by atoms with Crippen LogP contribution in [0.1, 0.15) is 18.7 Å². The third-order valence-corrected chi connectivity index (χ3v) is 6.50. The molecule has 0 spiro atoms. The van der Waals surface area contributed by atoms with E-state index in [1.54, 1.807) is 0 Å². The molecule has 1 fully saturated rings. The van der Waals surface area contributed by atoms with Gasteiger partial charge < -0.3 is 9.82 Å². The van der Waals surface area contributed by atoms with Crippen molar-refractivity contribution >= 4 is 26.8 Å². The standard InChI is InChI=1S/C19H19FN4O3S/c20-14-5-7-16(8-6-14)28(25,26)24-11-9-15(10-12-24)23-27-13-19-21-17-3-1-2-4-18(17)22-19/h1-8H,9-13H2,(H,21,22). The number of piperidine rings is 1. The Labute approximate surface area is 161 Å². The summed E-state index contributed by atoms with van der Waals surface area (Å²) >= 11 is 0. The maximum absolute atomic E-state index is 13.0. The number of rotatable bonds is 5. The van der Waals surface area contributed by atoms with E-state index in [0.29, 0.717) is 31.8 Å². The van der Waals surface area contributed by atoms with Crippen LogP contribution in [0.15, 0.2) is 58.6 Å². The van der Waals surface area contributed by atoms with E-state index >= 15 is 0 Å². The van der Waals surface area contributed by atoms with Crippen molar-refractivity contribution < 1.29 is 17.6 Å². The first-order chi connectivity index (χ1) is 13.5. The van der Waals surface area contributed by atoms with Crippen LogP contribution in [0.5, 0.6) is 0 Å². The molecule has 1 aliphatic heterocycles. The number of benzene rings is 2. The summed E-state index contributed by atoms with van der Waals surface area (Å²) in [6.45, 7) is 0.842. The Bertz CT molecular complexity index is 1070. The lowest BCUT2D eigenvalue weighted by Crippen LogP contribution is -2.38. The minimum atomic E-state index is -3.62. The van der Waals surface area contributed by atoms with Gasteiger partial charge in [-0.05, 0) is 36.4 Å². The first-order valence-corrected chi connectivity index (χ1v) is 10.3. The van der Waals surface area contributed by atoms with Crippen LogP contribution in [0, 0.1) is 5.82 Å². The molecule has 3 aromatic rings. The Morgan fingerprint density at radius 3 is 2.54 bits per heavy atom. The zero-order valence-electron chi connectivity index (χ0n) is 15.0. The van der Waals surface area contributed by atoms with Crippen LogP contribution in [0.3, 0.4) is 0 Å². The highest BCUT2D eigenvalue weighted by Crippen LogP contribution is 2.20. The molecular formula is C19H19FN4O3S. The van der Waals surface area contributed by atoms with Gasteiger partial charge in [0.1, 0.15) is 11.6 Å². The second-order valence-corrected chi connectivity index (χ2v) is 8.43. The number of fused-ring (bicyclic) bond motifs is 1. The van der Waals surface area contributed by atoms with Gasteiger partial charge in [0.15, 0.2) is 6.61 Å². The van der Waals surface area contributed by atoms with Crippen LogP contribution in [-0.2, 0) is 21.5 Å². The van der Waals surface area contributed by atoms with E-state index in [2.05, 4.69) is 15.1 Å². The molecule has 1 aliphatic rings. The molecule has 1 N–H and O–H groups in total. The van der Waals surface area contributed by atoms with Gasteiger partial charge in [0.25, 0.3) is 0 Å². The monoisotopic (exact) mass is 402 g/mol. The van der Waals surface area contributed by atoms with Crippen molar-refractivity contribution in [3.05, 3.63) is 60.2 Å². The molecule has 0 atom stereocenters. The van der Waals surface area contributed by atoms with Crippen molar-refractivity contribution in [1.29, 1.82) is 0 Å². The number of sulfonamides is 1. The molecular weight excluding hydrogens is 383 g/mol. The molecule has 0 aliphatic carbocycles. The Morgan fingerprint density at radius 1 is 1.11 bits per heavy atom. The largest absolute Gasteiger partial charge is 0.388 e. The third kappa shape index (κ3) is 3.90. The number of para-hydroxylation sites is 2. The third-order valence-electron chi connectivity index (χ3n) is 4.58. The summed E-state index contributed by atoms with van der Waals surface area (Å²) in [5.74, 6) is 0.218. The van der Waals surface area contributed by atoms with Gasteiger partial charge in [-0.2, -0.15) is 4.31 Å². The number of H-pyrrole nitrogens is 1. The van der Waals surface area contributed by atoms with Gasteiger partial charge in [-0.3, -0.25) is 0 Å². The van der Waals surface area contributed by atoms with Gasteiger partial charge in [0, 0.05) is 25.9 Å². The molecule has 7 nitrogen and oxygen atoms in total. The smallest absolute Gasteiger partial charge is 0.243 e. The molecule has 0 saturated carbocycles. The number of aromatic amines is 1. The predicted molar refractivity (Wildman–Crippen MR) is 103 cm³/mol. The number of nitrogens with one attached hydrogen (secondary N) is 1. The minimum absolute atomic E-state index is 0.0930. The topological polar surface area (TPSA) is 87.7 Å². The van der Waals surface area contributed by atoms with E-state index in [4.69, 9.17) is 4.84 Å². The number of imidazole rings is 1. The van der Waals surface area contributed by atoms with Crippen molar-refractivity contribution in [2.45, 2.75) is 24.3 Å². The van der Waals surface area contributed by atoms with Gasteiger partial charge in [0.2, 0.25) is 10.0 Å². The average Bonchev–Trinajstić information content (AvgIpc) is 3.11. The SMILES string of the molecule is O=S(=O)(c1ccc(F)cc1)N1CCC(=NOCc2nc3ccccc3[nH]2)CC1. The van der Waals surface area contributed by atoms with Crippen molar-refractivity contribution in [2.75, 3.05) is 13.1 Å². The first-order valence-electron chi connectivity index (χ1n) is 8.89. The Kier molecular flexibility index (Phi) is 5.10. The van der Waals surface area contributed by atoms with Crippen LogP contribution >= 0.6 is 0 Å². The Hall–Kier alpha value is -2.78. The molecule has 9 heteroatoms. The highest BCUT2D eigenvalue weighted by atomic mass is 32.2. The lowest BCUT2D eigenvalue weighted by molar-refractivity contribution is 0.123. The number of hydrogen-bond donors (Lipinski definition) is 1. The zero-order valence-corrected chi connectivity index (χ0v) is 15.8. The Morgan fingerprint density at radius 2 is 1.82 bits per heavy atom. The van der Waals surface area contributed by atoms with Gasteiger partial charge in [-0.25, -0.2) is 17.8 Å². The summed E-state index contributed by atoms with van der Waals surface area (Å²) in [5, 5.41) is 4.14. The van der Waals surface area contributed by atoms with Crippen molar-refractivity contribution in [1.82, 2.24) is 14.3 Å². The highest BCUT2D eigenvalue weighted by Gasteiger charge is 2.28. The molecule has 0 radical (unpaired) electrons. The lowest BCUT2D eigenvalue weighted by atomic mass is 10.1. The van der Waals surface area contributed by atoms with E-state index in [0.717, 1.165) is 28.9 Å². The molecule has 0 unspecified atom stereocenters. The zero-order chi connectivity index (χ0) is 19.6. The molecule has 1 saturated heterocycles. The normalized spacial score (nSPS) is 15.7. The molecule has 4 rings (SSSR count). The van der Waals surface area contributed by atoms with E-state index in [9.17, 15) is 12.8 Å². The summed E-state index contributed by atoms with van der Waals surface area (Å²) in [7, 11) is -3.62. The van der Waals surface area contributed by atoms with Crippen LogP contribution < -0.4 is 0 Å². The number of halogens is 1. The summed E-state index contributed by atoms with van der Waals surface area (Å²) in [5.41, 5.74) is 2.61. The summed E-state index contributed by atoms with van der Waals surface area (Å²) in [6, 6.07) is 12.6. The quantitative estimate of drug-likeness (QED) is 0.665. The van der Waals surface area contributed by atoms with Crippen LogP contribution in [0.4, 0.5) is 4.39 Å². The molecule has 2 heterocycles. The summed E-state index contributed by atoms with van der Waals surface area (Å²) in [4.78, 5) is 13.1. The van der Waals surface area contributed by atoms with Gasteiger partial charge >= 0.3 is 0 Å².